The lowest BCUT2D eigenvalue weighted by Crippen LogP contribution is -2.65. The molecule has 1 aromatic rings. The smallest absolute Gasteiger partial charge is 0.145 e. The average molecular weight is 871 g/mol. The number of nitrogens with one attached hydrogen (secondary N) is 2. The summed E-state index contributed by atoms with van der Waals surface area (Å²) >= 11 is 0. The van der Waals surface area contributed by atoms with Crippen LogP contribution in [0.25, 0.3) is 0 Å². The van der Waals surface area contributed by atoms with Gasteiger partial charge in [0.1, 0.15) is 6.29 Å². The van der Waals surface area contributed by atoms with Crippen molar-refractivity contribution in [3.63, 3.8) is 0 Å². The monoisotopic (exact) mass is 871 g/mol. The first-order valence-electron chi connectivity index (χ1n) is 24.1. The van der Waals surface area contributed by atoms with Crippen LogP contribution in [0.3, 0.4) is 0 Å². The Morgan fingerprint density at radius 1 is 1.16 bits per heavy atom. The minimum Gasteiger partial charge on any atom is -0.396 e. The number of methoxy groups -OCH3 is 1. The first kappa shape index (κ1) is 51.0. The fourth-order valence-corrected chi connectivity index (χ4v) is 11.7. The fraction of sp³-hybridized carbons (Fsp3) is 0.648. The van der Waals surface area contributed by atoms with Crippen molar-refractivity contribution in [2.24, 2.45) is 35.0 Å². The summed E-state index contributed by atoms with van der Waals surface area (Å²) < 4.78 is 12.0. The highest BCUT2D eigenvalue weighted by atomic mass is 16.5. The van der Waals surface area contributed by atoms with Gasteiger partial charge in [0.15, 0.2) is 0 Å². The topological polar surface area (TPSA) is 141 Å². The highest BCUT2D eigenvalue weighted by molar-refractivity contribution is 5.74. The van der Waals surface area contributed by atoms with E-state index in [0.717, 1.165) is 80.9 Å². The number of rotatable bonds is 21. The zero-order valence-corrected chi connectivity index (χ0v) is 39.5. The lowest BCUT2D eigenvalue weighted by atomic mass is 9.45. The highest BCUT2D eigenvalue weighted by Gasteiger charge is 2.68. The molecule has 1 heterocycles. The van der Waals surface area contributed by atoms with Gasteiger partial charge in [-0.3, -0.25) is 4.79 Å². The summed E-state index contributed by atoms with van der Waals surface area (Å²) in [6, 6.07) is 8.95. The number of ether oxygens (including phenoxy) is 2. The predicted molar refractivity (Wildman–Crippen MR) is 255 cm³/mol. The molecule has 350 valence electrons. The molecule has 0 unspecified atom stereocenters. The number of aliphatic hydroxyl groups excluding tert-OH is 3. The minimum absolute atomic E-state index is 0.0324. The van der Waals surface area contributed by atoms with Crippen molar-refractivity contribution in [3.05, 3.63) is 106 Å². The molecule has 3 aliphatic carbocycles. The standard InChI is InChI=1S/C54H82N2O7/c1-8-9-10-17-47(36-59)63-37-46(16-11-13-39(3)44-19-18-38(2)34-56-52(5,26-29-62-7)32-42-15-12-14-41(30-42)31-44)48-22-24-54(51(48)60)50-43(23-28-57)20-21-45(49(50)40(4)35-58)33-53(54,61)25-27-55-6/h11-16,18,20-21,30,35,43-45,47-48,50-51,55-57,59-61H,3,8-10,17,19,22-29,31-34,36-37H2,1-2,4-7H3/b13-11+,38-18+,46-16-,49-40?/t43-,44+,45-,47+,48-,50-,51+,52-,53+,54+/m0/s1. The van der Waals surface area contributed by atoms with Crippen LogP contribution < -0.4 is 10.6 Å². The highest BCUT2D eigenvalue weighted by Crippen LogP contribution is 2.67. The van der Waals surface area contributed by atoms with E-state index in [1.807, 2.05) is 14.0 Å². The van der Waals surface area contributed by atoms with Gasteiger partial charge in [-0.05, 0) is 139 Å². The van der Waals surface area contributed by atoms with Gasteiger partial charge >= 0.3 is 0 Å². The molecule has 0 aromatic heterocycles. The molecule has 0 radical (unpaired) electrons. The van der Waals surface area contributed by atoms with Gasteiger partial charge in [-0.25, -0.2) is 0 Å². The first-order valence-corrected chi connectivity index (χ1v) is 24.1. The van der Waals surface area contributed by atoms with E-state index >= 15 is 0 Å². The number of unbranched alkanes of at least 4 members (excludes halogenated alkanes) is 2. The zero-order valence-electron chi connectivity index (χ0n) is 39.5. The molecule has 4 bridgehead atoms. The average Bonchev–Trinajstić information content (AvgIpc) is 3.62. The molecule has 5 rings (SSSR count). The maximum atomic E-state index is 13.1. The Bertz CT molecular complexity index is 1820. The van der Waals surface area contributed by atoms with Gasteiger partial charge < -0.3 is 40.5 Å². The summed E-state index contributed by atoms with van der Waals surface area (Å²) in [5, 5.41) is 53.9. The molecule has 1 aliphatic heterocycles. The van der Waals surface area contributed by atoms with Crippen molar-refractivity contribution in [2.45, 2.75) is 135 Å². The largest absolute Gasteiger partial charge is 0.396 e. The van der Waals surface area contributed by atoms with Crippen LogP contribution in [0.4, 0.5) is 0 Å². The second-order valence-electron chi connectivity index (χ2n) is 19.7. The summed E-state index contributed by atoms with van der Waals surface area (Å²) in [6.07, 6.45) is 22.4. The van der Waals surface area contributed by atoms with Gasteiger partial charge in [0.05, 0.1) is 31.0 Å². The van der Waals surface area contributed by atoms with Crippen molar-refractivity contribution in [1.82, 2.24) is 10.6 Å². The Labute approximate surface area is 379 Å². The summed E-state index contributed by atoms with van der Waals surface area (Å²) in [7, 11) is 3.65. The van der Waals surface area contributed by atoms with Crippen molar-refractivity contribution in [2.75, 3.05) is 53.7 Å². The SMILES string of the molecule is C=C(/C=C/C=C(/CO[C@@H](CO)CCCCC)[C@@H]1CC[C@]2([C@@H]1O)[C@@H]1C(=C(C)C=O)[C@@H](C=C[C@H]1CCO)C[C@]2(O)CCNC)[C@@H]1C/C=C(\C)CN[C@@](C)(CCOC)Cc2cccc(c2)C1. The Balaban J connectivity index is 1.51. The van der Waals surface area contributed by atoms with Gasteiger partial charge in [-0.2, -0.15) is 0 Å². The predicted octanol–water partition coefficient (Wildman–Crippen LogP) is 7.94. The summed E-state index contributed by atoms with van der Waals surface area (Å²) in [4.78, 5) is 12.5. The number of hydrogen-bond donors (Lipinski definition) is 6. The van der Waals surface area contributed by atoms with Gasteiger partial charge in [0, 0.05) is 49.7 Å². The van der Waals surface area contributed by atoms with Crippen LogP contribution in [0.5, 0.6) is 0 Å². The summed E-state index contributed by atoms with van der Waals surface area (Å²) in [6.45, 7) is 15.3. The first-order chi connectivity index (χ1) is 30.3. The molecular weight excluding hydrogens is 789 g/mol. The molecule has 6 N–H and O–H groups in total. The molecule has 2 saturated carbocycles. The molecule has 2 fully saturated rings. The van der Waals surface area contributed by atoms with E-state index in [2.05, 4.69) is 98.7 Å². The minimum atomic E-state index is -1.23. The van der Waals surface area contributed by atoms with Crippen molar-refractivity contribution < 1.29 is 34.7 Å². The number of aliphatic hydroxyl groups is 4. The fourth-order valence-electron chi connectivity index (χ4n) is 11.7. The van der Waals surface area contributed by atoms with E-state index in [-0.39, 0.29) is 61.1 Å². The second-order valence-corrected chi connectivity index (χ2v) is 19.7. The molecule has 1 spiro atoms. The van der Waals surface area contributed by atoms with Crippen LogP contribution in [-0.4, -0.2) is 104 Å². The van der Waals surface area contributed by atoms with Gasteiger partial charge in [0.2, 0.25) is 0 Å². The molecule has 10 atom stereocenters. The maximum absolute atomic E-state index is 13.1. The van der Waals surface area contributed by atoms with Gasteiger partial charge in [-0.1, -0.05) is 110 Å². The van der Waals surface area contributed by atoms with E-state index in [1.165, 1.54) is 16.7 Å². The Morgan fingerprint density at radius 2 is 1.95 bits per heavy atom. The third-order valence-corrected chi connectivity index (χ3v) is 15.3. The lowest BCUT2D eigenvalue weighted by Gasteiger charge is -2.61. The van der Waals surface area contributed by atoms with E-state index in [0.29, 0.717) is 50.8 Å². The third kappa shape index (κ3) is 12.3. The molecule has 63 heavy (non-hydrogen) atoms. The van der Waals surface area contributed by atoms with Crippen LogP contribution in [0.2, 0.25) is 0 Å². The Morgan fingerprint density at radius 3 is 2.67 bits per heavy atom. The van der Waals surface area contributed by atoms with Crippen LogP contribution >= 0.6 is 0 Å². The number of benzene rings is 1. The molecule has 9 heteroatoms. The van der Waals surface area contributed by atoms with Gasteiger partial charge in [0.25, 0.3) is 0 Å². The molecule has 4 aliphatic rings. The number of hydrogen-bond acceptors (Lipinski definition) is 9. The molecule has 9 nitrogen and oxygen atoms in total. The normalized spacial score (nSPS) is 33.4. The molecule has 0 saturated heterocycles. The molecular formula is C54H82N2O7. The molecule has 0 amide bonds. The Hall–Kier alpha value is -2.99. The van der Waals surface area contributed by atoms with Crippen LogP contribution in [0.1, 0.15) is 109 Å². The van der Waals surface area contributed by atoms with Crippen LogP contribution in [0, 0.1) is 35.0 Å². The summed E-state index contributed by atoms with van der Waals surface area (Å²) in [5.74, 6) is -0.754. The third-order valence-electron chi connectivity index (χ3n) is 15.3. The van der Waals surface area contributed by atoms with E-state index in [1.54, 1.807) is 7.11 Å². The lowest BCUT2D eigenvalue weighted by molar-refractivity contribution is -0.194. The van der Waals surface area contributed by atoms with Crippen LogP contribution in [0.15, 0.2) is 95.2 Å². The van der Waals surface area contributed by atoms with E-state index in [4.69, 9.17) is 9.47 Å². The van der Waals surface area contributed by atoms with Crippen molar-refractivity contribution in [1.29, 1.82) is 0 Å². The van der Waals surface area contributed by atoms with Crippen molar-refractivity contribution in [3.8, 4) is 0 Å². The molecule has 1 aromatic carbocycles. The number of allylic oxidation sites excluding steroid dienone is 9. The zero-order chi connectivity index (χ0) is 45.6. The Kier molecular flexibility index (Phi) is 19.4. The number of aldehydes is 1. The van der Waals surface area contributed by atoms with E-state index < -0.39 is 17.1 Å². The number of carbonyl (C=O) groups excluding carboxylic acids is 1. The number of carbonyl (C=O) groups is 1. The van der Waals surface area contributed by atoms with Crippen molar-refractivity contribution >= 4 is 6.29 Å². The van der Waals surface area contributed by atoms with E-state index in [9.17, 15) is 25.2 Å². The number of fused-ring (bicyclic) bond motifs is 5. The second kappa shape index (κ2) is 24.0. The quantitative estimate of drug-likeness (QED) is 0.0239. The van der Waals surface area contributed by atoms with Crippen LogP contribution in [-0.2, 0) is 27.1 Å². The maximum Gasteiger partial charge on any atom is 0.145 e. The van der Waals surface area contributed by atoms with Gasteiger partial charge in [-0.15, -0.1) is 0 Å². The summed E-state index contributed by atoms with van der Waals surface area (Å²) in [5.41, 5.74) is 5.18.